The predicted molar refractivity (Wildman–Crippen MR) is 67.7 cm³/mol. The highest BCUT2D eigenvalue weighted by Crippen LogP contribution is 2.30. The summed E-state index contributed by atoms with van der Waals surface area (Å²) in [7, 11) is 0. The summed E-state index contributed by atoms with van der Waals surface area (Å²) in [6.45, 7) is 1.42. The molecule has 0 saturated heterocycles. The van der Waals surface area contributed by atoms with E-state index in [1.807, 2.05) is 0 Å². The van der Waals surface area contributed by atoms with Crippen molar-refractivity contribution in [1.29, 1.82) is 0 Å². The Hall–Kier alpha value is -2.23. The molecule has 1 atom stereocenters. The Morgan fingerprint density at radius 2 is 2.24 bits per heavy atom. The second kappa shape index (κ2) is 5.64. The van der Waals surface area contributed by atoms with Crippen LogP contribution in [0.25, 0.3) is 0 Å². The van der Waals surface area contributed by atoms with Crippen LogP contribution in [0, 0.1) is 6.92 Å². The number of rotatable bonds is 4. The maximum absolute atomic E-state index is 12.6. The van der Waals surface area contributed by atoms with Gasteiger partial charge >= 0.3 is 6.18 Å². The standard InChI is InChI=1S/C11H9F3N4O2S/c1-6-2-9(11(12,13)14)17-18(6)8(4-19)10-16-7(3-15-20)5-21-10/h2-5,8,20H,1H3. The van der Waals surface area contributed by atoms with E-state index in [-0.39, 0.29) is 10.7 Å². The van der Waals surface area contributed by atoms with Gasteiger partial charge < -0.3 is 10.0 Å². The van der Waals surface area contributed by atoms with Gasteiger partial charge in [-0.15, -0.1) is 11.3 Å². The van der Waals surface area contributed by atoms with E-state index in [0.29, 0.717) is 12.0 Å². The molecule has 1 unspecified atom stereocenters. The number of nitrogens with zero attached hydrogens (tertiary/aromatic N) is 4. The van der Waals surface area contributed by atoms with Crippen LogP contribution in [0.3, 0.4) is 0 Å². The number of alkyl halides is 3. The molecule has 0 amide bonds. The van der Waals surface area contributed by atoms with Crippen LogP contribution in [-0.4, -0.2) is 32.5 Å². The van der Waals surface area contributed by atoms with Gasteiger partial charge in [0.1, 0.15) is 5.01 Å². The SMILES string of the molecule is Cc1cc(C(F)(F)F)nn1C(C=O)c1nc(C=NO)cs1. The first-order chi connectivity index (χ1) is 9.86. The number of aromatic nitrogens is 3. The molecule has 0 aliphatic carbocycles. The monoisotopic (exact) mass is 318 g/mol. The molecule has 2 aromatic rings. The lowest BCUT2D eigenvalue weighted by Crippen LogP contribution is -2.16. The lowest BCUT2D eigenvalue weighted by molar-refractivity contribution is -0.141. The molecule has 6 nitrogen and oxygen atoms in total. The largest absolute Gasteiger partial charge is 0.435 e. The van der Waals surface area contributed by atoms with Crippen LogP contribution in [0.5, 0.6) is 0 Å². The van der Waals surface area contributed by atoms with Gasteiger partial charge in [-0.3, -0.25) is 4.68 Å². The third kappa shape index (κ3) is 3.10. The van der Waals surface area contributed by atoms with E-state index >= 15 is 0 Å². The highest BCUT2D eigenvalue weighted by molar-refractivity contribution is 7.10. The minimum absolute atomic E-state index is 0.187. The number of carbonyl (C=O) groups is 1. The molecule has 10 heteroatoms. The number of thiazole rings is 1. The first-order valence-electron chi connectivity index (χ1n) is 5.58. The summed E-state index contributed by atoms with van der Waals surface area (Å²) >= 11 is 1.06. The van der Waals surface area contributed by atoms with Gasteiger partial charge in [-0.1, -0.05) is 5.16 Å². The number of halogens is 3. The second-order valence-corrected chi connectivity index (χ2v) is 4.94. The van der Waals surface area contributed by atoms with Gasteiger partial charge in [0.2, 0.25) is 0 Å². The zero-order valence-corrected chi connectivity index (χ0v) is 11.4. The lowest BCUT2D eigenvalue weighted by Gasteiger charge is -2.10. The van der Waals surface area contributed by atoms with Crippen molar-refractivity contribution in [2.75, 3.05) is 0 Å². The van der Waals surface area contributed by atoms with Crippen molar-refractivity contribution in [2.24, 2.45) is 5.16 Å². The summed E-state index contributed by atoms with van der Waals surface area (Å²) in [5.74, 6) is 0. The summed E-state index contributed by atoms with van der Waals surface area (Å²) < 4.78 is 38.9. The van der Waals surface area contributed by atoms with Gasteiger partial charge in [0.05, 0.1) is 11.9 Å². The highest BCUT2D eigenvalue weighted by atomic mass is 32.1. The Morgan fingerprint density at radius 1 is 1.52 bits per heavy atom. The molecule has 2 aromatic heterocycles. The molecule has 0 spiro atoms. The fraction of sp³-hybridized carbons (Fsp3) is 0.273. The summed E-state index contributed by atoms with van der Waals surface area (Å²) in [6, 6.07) is -0.202. The average Bonchev–Trinajstić information content (AvgIpc) is 2.99. The Balaban J connectivity index is 2.41. The molecule has 0 aliphatic heterocycles. The van der Waals surface area contributed by atoms with Crippen LogP contribution in [0.4, 0.5) is 13.2 Å². The molecule has 2 heterocycles. The smallest absolute Gasteiger partial charge is 0.411 e. The number of hydrogen-bond acceptors (Lipinski definition) is 6. The average molecular weight is 318 g/mol. The van der Waals surface area contributed by atoms with E-state index in [2.05, 4.69) is 15.2 Å². The molecule has 0 fully saturated rings. The quantitative estimate of drug-likeness (QED) is 0.406. The summed E-state index contributed by atoms with van der Waals surface area (Å²) in [5.41, 5.74) is -0.585. The number of aryl methyl sites for hydroxylation is 1. The molecule has 0 aliphatic rings. The molecule has 112 valence electrons. The van der Waals surface area contributed by atoms with Gasteiger partial charge in [0, 0.05) is 11.1 Å². The number of carbonyl (C=O) groups excluding carboxylic acids is 1. The van der Waals surface area contributed by atoms with Gasteiger partial charge in [0.15, 0.2) is 18.0 Å². The molecule has 0 saturated carbocycles. The molecule has 21 heavy (non-hydrogen) atoms. The lowest BCUT2D eigenvalue weighted by atomic mass is 10.3. The van der Waals surface area contributed by atoms with Crippen LogP contribution in [-0.2, 0) is 11.0 Å². The molecule has 0 aromatic carbocycles. The molecule has 0 bridgehead atoms. The van der Waals surface area contributed by atoms with Gasteiger partial charge in [-0.2, -0.15) is 18.3 Å². The van der Waals surface area contributed by atoms with Crippen molar-refractivity contribution in [2.45, 2.75) is 19.1 Å². The van der Waals surface area contributed by atoms with Crippen LogP contribution in [0.2, 0.25) is 0 Å². The van der Waals surface area contributed by atoms with Gasteiger partial charge in [-0.25, -0.2) is 4.98 Å². The minimum Gasteiger partial charge on any atom is -0.411 e. The molecule has 1 N–H and O–H groups in total. The van der Waals surface area contributed by atoms with Crippen molar-refractivity contribution in [1.82, 2.24) is 14.8 Å². The zero-order valence-electron chi connectivity index (χ0n) is 10.6. The summed E-state index contributed by atoms with van der Waals surface area (Å²) in [6.07, 6.45) is -3.07. The van der Waals surface area contributed by atoms with E-state index in [1.165, 1.54) is 12.3 Å². The number of oxime groups is 1. The van der Waals surface area contributed by atoms with Crippen molar-refractivity contribution in [3.05, 3.63) is 33.5 Å². The number of hydrogen-bond donors (Lipinski definition) is 1. The van der Waals surface area contributed by atoms with Crippen molar-refractivity contribution in [3.63, 3.8) is 0 Å². The fourth-order valence-corrected chi connectivity index (χ4v) is 2.49. The fourth-order valence-electron chi connectivity index (χ4n) is 1.68. The predicted octanol–water partition coefficient (Wildman–Crippen LogP) is 2.26. The van der Waals surface area contributed by atoms with Crippen molar-refractivity contribution in [3.8, 4) is 0 Å². The van der Waals surface area contributed by atoms with Crippen LogP contribution < -0.4 is 0 Å². The number of aldehydes is 1. The van der Waals surface area contributed by atoms with E-state index in [9.17, 15) is 18.0 Å². The third-order valence-electron chi connectivity index (χ3n) is 2.59. The van der Waals surface area contributed by atoms with E-state index in [0.717, 1.165) is 28.3 Å². The van der Waals surface area contributed by atoms with E-state index in [4.69, 9.17) is 5.21 Å². The Bertz CT molecular complexity index is 677. The normalized spacial score (nSPS) is 13.7. The second-order valence-electron chi connectivity index (χ2n) is 4.05. The van der Waals surface area contributed by atoms with Crippen LogP contribution in [0.15, 0.2) is 16.6 Å². The van der Waals surface area contributed by atoms with Crippen LogP contribution >= 0.6 is 11.3 Å². The van der Waals surface area contributed by atoms with Crippen LogP contribution in [0.1, 0.15) is 28.1 Å². The first kappa shape index (κ1) is 15.2. The zero-order chi connectivity index (χ0) is 15.6. The molecule has 2 rings (SSSR count). The van der Waals surface area contributed by atoms with Gasteiger partial charge in [-0.05, 0) is 13.0 Å². The van der Waals surface area contributed by atoms with Gasteiger partial charge in [0.25, 0.3) is 0 Å². The summed E-state index contributed by atoms with van der Waals surface area (Å²) in [4.78, 5) is 15.2. The molecular formula is C11H9F3N4O2S. The summed E-state index contributed by atoms with van der Waals surface area (Å²) in [5, 5.41) is 16.4. The molecule has 0 radical (unpaired) electrons. The first-order valence-corrected chi connectivity index (χ1v) is 6.46. The third-order valence-corrected chi connectivity index (χ3v) is 3.52. The minimum atomic E-state index is -4.58. The molecular weight excluding hydrogens is 309 g/mol. The Labute approximate surface area is 120 Å². The Morgan fingerprint density at radius 3 is 2.76 bits per heavy atom. The maximum Gasteiger partial charge on any atom is 0.435 e. The topological polar surface area (TPSA) is 80.4 Å². The van der Waals surface area contributed by atoms with E-state index < -0.39 is 17.9 Å². The maximum atomic E-state index is 12.6. The Kier molecular flexibility index (Phi) is 4.07. The highest BCUT2D eigenvalue weighted by Gasteiger charge is 2.35. The van der Waals surface area contributed by atoms with Crippen molar-refractivity contribution < 1.29 is 23.2 Å². The van der Waals surface area contributed by atoms with E-state index in [1.54, 1.807) is 0 Å². The van der Waals surface area contributed by atoms with Crippen molar-refractivity contribution >= 4 is 23.8 Å².